The quantitative estimate of drug-likeness (QED) is 0.876. The van der Waals surface area contributed by atoms with Crippen LogP contribution in [0.25, 0.3) is 0 Å². The van der Waals surface area contributed by atoms with Gasteiger partial charge in [-0.15, -0.1) is 0 Å². The van der Waals surface area contributed by atoms with Crippen LogP contribution in [0.5, 0.6) is 0 Å². The highest BCUT2D eigenvalue weighted by molar-refractivity contribution is 5.91. The molecular formula is C18H29N2O+. The van der Waals surface area contributed by atoms with Crippen molar-refractivity contribution in [1.82, 2.24) is 0 Å². The van der Waals surface area contributed by atoms with E-state index in [1.165, 1.54) is 16.9 Å². The Hall–Kier alpha value is -1.35. The highest BCUT2D eigenvalue weighted by Crippen LogP contribution is 2.17. The first kappa shape index (κ1) is 16.0. The lowest BCUT2D eigenvalue weighted by Gasteiger charge is -2.31. The molecule has 2 N–H and O–H groups in total. The van der Waals surface area contributed by atoms with Crippen molar-refractivity contribution >= 4 is 11.6 Å². The summed E-state index contributed by atoms with van der Waals surface area (Å²) in [6.45, 7) is 11.7. The molecule has 0 saturated carbocycles. The van der Waals surface area contributed by atoms with Crippen molar-refractivity contribution in [3.8, 4) is 0 Å². The van der Waals surface area contributed by atoms with E-state index >= 15 is 0 Å². The largest absolute Gasteiger partial charge is 0.327 e. The Bertz CT molecular complexity index is 457. The SMILES string of the molecule is CC(C)c1ccc(NC(=O)C[NH+]2C[C@H](C)C[C@H](C)C2)cc1. The molecule has 1 aromatic carbocycles. The van der Waals surface area contributed by atoms with Crippen LogP contribution in [0.1, 0.15) is 45.6 Å². The minimum atomic E-state index is 0.128. The van der Waals surface area contributed by atoms with E-state index in [2.05, 4.69) is 45.1 Å². The van der Waals surface area contributed by atoms with Crippen LogP contribution >= 0.6 is 0 Å². The standard InChI is InChI=1S/C18H28N2O/c1-13(2)16-5-7-17(8-6-16)19-18(21)12-20-10-14(3)9-15(4)11-20/h5-8,13-15H,9-12H2,1-4H3,(H,19,21)/p+1/t14-,15+. The molecule has 1 aliphatic heterocycles. The Balaban J connectivity index is 1.86. The van der Waals surface area contributed by atoms with Gasteiger partial charge in [0, 0.05) is 17.5 Å². The summed E-state index contributed by atoms with van der Waals surface area (Å²) in [7, 11) is 0. The Morgan fingerprint density at radius 3 is 2.29 bits per heavy atom. The van der Waals surface area contributed by atoms with Gasteiger partial charge >= 0.3 is 0 Å². The van der Waals surface area contributed by atoms with Gasteiger partial charge in [-0.3, -0.25) is 4.79 Å². The number of anilines is 1. The predicted molar refractivity (Wildman–Crippen MR) is 87.7 cm³/mol. The van der Waals surface area contributed by atoms with Crippen molar-refractivity contribution in [3.05, 3.63) is 29.8 Å². The van der Waals surface area contributed by atoms with Crippen molar-refractivity contribution in [2.24, 2.45) is 11.8 Å². The first-order chi connectivity index (χ1) is 9.94. The number of rotatable bonds is 4. The number of hydrogen-bond donors (Lipinski definition) is 2. The van der Waals surface area contributed by atoms with Crippen LogP contribution in [0.2, 0.25) is 0 Å². The third-order valence-electron chi connectivity index (χ3n) is 4.35. The summed E-state index contributed by atoms with van der Waals surface area (Å²) in [5.74, 6) is 2.10. The van der Waals surface area contributed by atoms with E-state index in [0.717, 1.165) is 30.6 Å². The number of nitrogens with one attached hydrogen (secondary N) is 2. The van der Waals surface area contributed by atoms with Gasteiger partial charge < -0.3 is 10.2 Å². The molecule has 0 aliphatic carbocycles. The van der Waals surface area contributed by atoms with Gasteiger partial charge in [-0.1, -0.05) is 39.8 Å². The molecule has 1 heterocycles. The van der Waals surface area contributed by atoms with Gasteiger partial charge in [0.1, 0.15) is 0 Å². The lowest BCUT2D eigenvalue weighted by Crippen LogP contribution is -3.15. The summed E-state index contributed by atoms with van der Waals surface area (Å²) in [5.41, 5.74) is 2.21. The predicted octanol–water partition coefficient (Wildman–Crippen LogP) is 2.31. The van der Waals surface area contributed by atoms with Gasteiger partial charge in [0.05, 0.1) is 13.1 Å². The Labute approximate surface area is 128 Å². The number of amides is 1. The summed E-state index contributed by atoms with van der Waals surface area (Å²) >= 11 is 0. The molecule has 1 aliphatic rings. The highest BCUT2D eigenvalue weighted by atomic mass is 16.2. The fourth-order valence-corrected chi connectivity index (χ4v) is 3.45. The molecule has 2 rings (SSSR count). The van der Waals surface area contributed by atoms with E-state index in [1.807, 2.05) is 12.1 Å². The third kappa shape index (κ3) is 4.85. The normalized spacial score (nSPS) is 25.9. The van der Waals surface area contributed by atoms with Gasteiger partial charge in [0.2, 0.25) is 0 Å². The summed E-state index contributed by atoms with van der Waals surface area (Å²) in [6.07, 6.45) is 1.29. The zero-order chi connectivity index (χ0) is 15.4. The van der Waals surface area contributed by atoms with Gasteiger partial charge in [-0.25, -0.2) is 0 Å². The maximum absolute atomic E-state index is 12.2. The van der Waals surface area contributed by atoms with Crippen molar-refractivity contribution < 1.29 is 9.69 Å². The van der Waals surface area contributed by atoms with Crippen molar-refractivity contribution in [2.45, 2.75) is 40.0 Å². The first-order valence-corrected chi connectivity index (χ1v) is 8.17. The lowest BCUT2D eigenvalue weighted by molar-refractivity contribution is -0.904. The second-order valence-electron chi connectivity index (χ2n) is 7.11. The molecule has 0 aromatic heterocycles. The average molecular weight is 289 g/mol. The number of carbonyl (C=O) groups excluding carboxylic acids is 1. The molecule has 1 fully saturated rings. The summed E-state index contributed by atoms with van der Waals surface area (Å²) < 4.78 is 0. The molecule has 1 saturated heterocycles. The molecule has 0 spiro atoms. The van der Waals surface area contributed by atoms with Crippen molar-refractivity contribution in [2.75, 3.05) is 25.0 Å². The first-order valence-electron chi connectivity index (χ1n) is 8.17. The topological polar surface area (TPSA) is 33.5 Å². The number of benzene rings is 1. The lowest BCUT2D eigenvalue weighted by atomic mass is 9.92. The molecule has 116 valence electrons. The van der Waals surface area contributed by atoms with Crippen molar-refractivity contribution in [1.29, 1.82) is 0 Å². The van der Waals surface area contributed by atoms with Crippen LogP contribution in [0, 0.1) is 11.8 Å². The van der Waals surface area contributed by atoms with E-state index in [9.17, 15) is 4.79 Å². The Morgan fingerprint density at radius 1 is 1.19 bits per heavy atom. The molecule has 1 aromatic rings. The van der Waals surface area contributed by atoms with Gasteiger partial charge in [0.25, 0.3) is 5.91 Å². The molecule has 3 atom stereocenters. The number of piperidine rings is 1. The minimum absolute atomic E-state index is 0.128. The smallest absolute Gasteiger partial charge is 0.279 e. The van der Waals surface area contributed by atoms with E-state index in [1.54, 1.807) is 0 Å². The van der Waals surface area contributed by atoms with Crippen molar-refractivity contribution in [3.63, 3.8) is 0 Å². The number of carbonyl (C=O) groups is 1. The van der Waals surface area contributed by atoms with Gasteiger partial charge in [-0.05, 0) is 30.0 Å². The maximum atomic E-state index is 12.2. The summed E-state index contributed by atoms with van der Waals surface area (Å²) in [4.78, 5) is 13.6. The molecular weight excluding hydrogens is 260 g/mol. The second-order valence-corrected chi connectivity index (χ2v) is 7.11. The molecule has 3 heteroatoms. The number of quaternary nitrogens is 1. The highest BCUT2D eigenvalue weighted by Gasteiger charge is 2.26. The van der Waals surface area contributed by atoms with Crippen LogP contribution in [0.4, 0.5) is 5.69 Å². The Morgan fingerprint density at radius 2 is 1.76 bits per heavy atom. The molecule has 0 bridgehead atoms. The van der Waals surface area contributed by atoms with E-state index in [-0.39, 0.29) is 5.91 Å². The van der Waals surface area contributed by atoms with Gasteiger partial charge in [0.15, 0.2) is 6.54 Å². The third-order valence-corrected chi connectivity index (χ3v) is 4.35. The van der Waals surface area contributed by atoms with E-state index in [0.29, 0.717) is 12.5 Å². The number of likely N-dealkylation sites (tertiary alicyclic amines) is 1. The fourth-order valence-electron chi connectivity index (χ4n) is 3.45. The van der Waals surface area contributed by atoms with Crippen LogP contribution in [-0.2, 0) is 4.79 Å². The molecule has 21 heavy (non-hydrogen) atoms. The van der Waals surface area contributed by atoms with Crippen LogP contribution < -0.4 is 10.2 Å². The number of hydrogen-bond acceptors (Lipinski definition) is 1. The van der Waals surface area contributed by atoms with E-state index < -0.39 is 0 Å². The van der Waals surface area contributed by atoms with Crippen LogP contribution in [-0.4, -0.2) is 25.5 Å². The Kier molecular flexibility index (Phi) is 5.40. The fraction of sp³-hybridized carbons (Fsp3) is 0.611. The summed E-state index contributed by atoms with van der Waals surface area (Å²) in [5, 5.41) is 3.03. The molecule has 0 radical (unpaired) electrons. The zero-order valence-electron chi connectivity index (χ0n) is 13.8. The van der Waals surface area contributed by atoms with E-state index in [4.69, 9.17) is 0 Å². The van der Waals surface area contributed by atoms with Crippen LogP contribution in [0.3, 0.4) is 0 Å². The molecule has 3 nitrogen and oxygen atoms in total. The average Bonchev–Trinajstić information content (AvgIpc) is 2.37. The molecule has 1 unspecified atom stereocenters. The zero-order valence-corrected chi connectivity index (χ0v) is 13.8. The minimum Gasteiger partial charge on any atom is -0.327 e. The monoisotopic (exact) mass is 289 g/mol. The van der Waals surface area contributed by atoms with Gasteiger partial charge in [-0.2, -0.15) is 0 Å². The molecule has 1 amide bonds. The second kappa shape index (κ2) is 7.08. The summed E-state index contributed by atoms with van der Waals surface area (Å²) in [6, 6.07) is 8.20. The maximum Gasteiger partial charge on any atom is 0.279 e. The van der Waals surface area contributed by atoms with Crippen LogP contribution in [0.15, 0.2) is 24.3 Å².